The van der Waals surface area contributed by atoms with E-state index >= 15 is 0 Å². The number of rotatable bonds is 2. The number of aliphatic hydroxyl groups excluding tert-OH is 1. The number of imidazole rings is 1. The zero-order chi connectivity index (χ0) is 9.26. The minimum Gasteiger partial charge on any atom is -0.395 e. The Morgan fingerprint density at radius 3 is 3.00 bits per heavy atom. The molecule has 0 spiro atoms. The largest absolute Gasteiger partial charge is 0.395 e. The molecule has 68 valence electrons. The van der Waals surface area contributed by atoms with Crippen LogP contribution >= 0.6 is 0 Å². The van der Waals surface area contributed by atoms with Crippen LogP contribution in [0, 0.1) is 0 Å². The van der Waals surface area contributed by atoms with Gasteiger partial charge in [-0.25, -0.2) is 15.0 Å². The zero-order valence-corrected chi connectivity index (χ0v) is 6.88. The summed E-state index contributed by atoms with van der Waals surface area (Å²) in [7, 11) is 0. The van der Waals surface area contributed by atoms with Crippen LogP contribution in [0.1, 0.15) is 0 Å². The van der Waals surface area contributed by atoms with Crippen molar-refractivity contribution in [1.29, 1.82) is 0 Å². The second kappa shape index (κ2) is 2.98. The molecule has 0 aromatic rings. The molecule has 2 heterocycles. The molecule has 2 aliphatic rings. The van der Waals surface area contributed by atoms with E-state index in [1.807, 2.05) is 0 Å². The predicted molar refractivity (Wildman–Crippen MR) is 45.9 cm³/mol. The highest BCUT2D eigenvalue weighted by molar-refractivity contribution is 5.64. The number of fused-ring (bicyclic) bond motifs is 1. The van der Waals surface area contributed by atoms with Gasteiger partial charge in [-0.05, 0) is 0 Å². The molecule has 13 heavy (non-hydrogen) atoms. The van der Waals surface area contributed by atoms with Gasteiger partial charge in [0.05, 0.1) is 12.9 Å². The molecule has 0 radical (unpaired) electrons. The minimum absolute atomic E-state index is 0.0399. The highest BCUT2D eigenvalue weighted by Crippen LogP contribution is 2.20. The van der Waals surface area contributed by atoms with E-state index in [0.29, 0.717) is 23.9 Å². The maximum Gasteiger partial charge on any atom is 0.165 e. The molecule has 0 aromatic heterocycles. The lowest BCUT2D eigenvalue weighted by atomic mass is 10.4. The number of anilines is 1. The van der Waals surface area contributed by atoms with Crippen molar-refractivity contribution >= 4 is 5.82 Å². The molecule has 0 atom stereocenters. The topological polar surface area (TPSA) is 89.8 Å². The first-order chi connectivity index (χ1) is 6.33. The normalized spacial score (nSPS) is 10.8. The summed E-state index contributed by atoms with van der Waals surface area (Å²) in [5.74, 6) is 1.02. The monoisotopic (exact) mass is 179 g/mol. The van der Waals surface area contributed by atoms with Crippen molar-refractivity contribution in [3.63, 3.8) is 0 Å². The van der Waals surface area contributed by atoms with Crippen molar-refractivity contribution in [1.82, 2.24) is 19.5 Å². The summed E-state index contributed by atoms with van der Waals surface area (Å²) in [6.45, 7) is 0.487. The van der Waals surface area contributed by atoms with Gasteiger partial charge in [-0.15, -0.1) is 0 Å². The summed E-state index contributed by atoms with van der Waals surface area (Å²) in [4.78, 5) is 11.9. The standard InChI is InChI=1S/C7H9N5O/c8-6-5-7(10-3-9-5)12(1-2-13)4-11-6/h3-4,13H,1-2,8H2. The van der Waals surface area contributed by atoms with Crippen LogP contribution in [0.25, 0.3) is 11.5 Å². The van der Waals surface area contributed by atoms with Crippen molar-refractivity contribution in [2.75, 3.05) is 12.3 Å². The Morgan fingerprint density at radius 2 is 2.23 bits per heavy atom. The molecule has 0 aromatic carbocycles. The number of nitrogen functional groups attached to an aromatic ring is 1. The molecule has 0 amide bonds. The van der Waals surface area contributed by atoms with Crippen molar-refractivity contribution in [3.8, 4) is 11.5 Å². The number of hydrogen-bond acceptors (Lipinski definition) is 5. The Hall–Kier alpha value is -1.69. The smallest absolute Gasteiger partial charge is 0.165 e. The van der Waals surface area contributed by atoms with Gasteiger partial charge in [-0.1, -0.05) is 0 Å². The molecule has 0 bridgehead atoms. The molecule has 0 saturated carbocycles. The number of aromatic nitrogens is 4. The third-order valence-corrected chi connectivity index (χ3v) is 1.77. The van der Waals surface area contributed by atoms with Crippen LogP contribution in [-0.2, 0) is 6.54 Å². The maximum atomic E-state index is 8.76. The molecule has 6 heteroatoms. The molecular formula is C7H9N5O. The molecule has 6 nitrogen and oxygen atoms in total. The van der Waals surface area contributed by atoms with Crippen molar-refractivity contribution in [2.45, 2.75) is 6.54 Å². The van der Waals surface area contributed by atoms with E-state index in [1.54, 1.807) is 10.9 Å². The Morgan fingerprint density at radius 1 is 1.38 bits per heavy atom. The molecule has 2 rings (SSSR count). The van der Waals surface area contributed by atoms with Crippen LogP contribution < -0.4 is 5.73 Å². The average Bonchev–Trinajstić information content (AvgIpc) is 2.59. The fourth-order valence-corrected chi connectivity index (χ4v) is 1.17. The summed E-state index contributed by atoms with van der Waals surface area (Å²) in [5, 5.41) is 8.76. The van der Waals surface area contributed by atoms with E-state index in [-0.39, 0.29) is 6.61 Å². The number of hydrogen-bond donors (Lipinski definition) is 2. The van der Waals surface area contributed by atoms with Gasteiger partial charge in [0.2, 0.25) is 0 Å². The summed E-state index contributed by atoms with van der Waals surface area (Å²) >= 11 is 0. The van der Waals surface area contributed by atoms with Gasteiger partial charge in [-0.3, -0.25) is 0 Å². The van der Waals surface area contributed by atoms with Crippen molar-refractivity contribution < 1.29 is 5.11 Å². The number of aliphatic hydroxyl groups is 1. The van der Waals surface area contributed by atoms with Crippen LogP contribution in [0.3, 0.4) is 0 Å². The van der Waals surface area contributed by atoms with Crippen LogP contribution in [0.15, 0.2) is 12.7 Å². The lowest BCUT2D eigenvalue weighted by molar-refractivity contribution is 0.275. The Balaban J connectivity index is 2.54. The zero-order valence-electron chi connectivity index (χ0n) is 6.88. The minimum atomic E-state index is 0.0399. The van der Waals surface area contributed by atoms with E-state index in [4.69, 9.17) is 10.8 Å². The molecular weight excluding hydrogens is 170 g/mol. The Bertz CT molecular complexity index is 385. The van der Waals surface area contributed by atoms with E-state index < -0.39 is 0 Å². The first-order valence-corrected chi connectivity index (χ1v) is 3.85. The predicted octanol–water partition coefficient (Wildman–Crippen LogP) is -0.648. The van der Waals surface area contributed by atoms with Crippen LogP contribution in [0.5, 0.6) is 0 Å². The molecule has 0 unspecified atom stereocenters. The second-order valence-corrected chi connectivity index (χ2v) is 2.59. The van der Waals surface area contributed by atoms with Gasteiger partial charge in [0, 0.05) is 6.54 Å². The van der Waals surface area contributed by atoms with Gasteiger partial charge in [0.1, 0.15) is 12.0 Å². The van der Waals surface area contributed by atoms with E-state index in [2.05, 4.69) is 15.0 Å². The molecule has 2 aliphatic heterocycles. The summed E-state index contributed by atoms with van der Waals surface area (Å²) in [5.41, 5.74) is 6.16. The van der Waals surface area contributed by atoms with E-state index in [0.717, 1.165) is 0 Å². The second-order valence-electron chi connectivity index (χ2n) is 2.59. The first-order valence-electron chi connectivity index (χ1n) is 3.85. The summed E-state index contributed by atoms with van der Waals surface area (Å²) in [6.07, 6.45) is 2.97. The summed E-state index contributed by atoms with van der Waals surface area (Å²) < 4.78 is 1.71. The highest BCUT2D eigenvalue weighted by atomic mass is 16.3. The van der Waals surface area contributed by atoms with E-state index in [9.17, 15) is 0 Å². The van der Waals surface area contributed by atoms with Gasteiger partial charge in [-0.2, -0.15) is 0 Å². The van der Waals surface area contributed by atoms with Gasteiger partial charge < -0.3 is 15.4 Å². The van der Waals surface area contributed by atoms with E-state index in [1.165, 1.54) is 6.33 Å². The summed E-state index contributed by atoms with van der Waals surface area (Å²) in [6, 6.07) is 0. The fourth-order valence-electron chi connectivity index (χ4n) is 1.17. The molecule has 3 N–H and O–H groups in total. The molecule has 0 saturated heterocycles. The third-order valence-electron chi connectivity index (χ3n) is 1.77. The van der Waals surface area contributed by atoms with Gasteiger partial charge in [0.15, 0.2) is 11.6 Å². The average molecular weight is 179 g/mol. The maximum absolute atomic E-state index is 8.76. The lowest BCUT2D eigenvalue weighted by Gasteiger charge is -2.08. The number of nitrogens with two attached hydrogens (primary N) is 1. The number of nitrogens with zero attached hydrogens (tertiary/aromatic N) is 4. The van der Waals surface area contributed by atoms with Crippen LogP contribution in [0.2, 0.25) is 0 Å². The fraction of sp³-hybridized carbons (Fsp3) is 0.286. The molecule has 0 fully saturated rings. The Kier molecular flexibility index (Phi) is 1.82. The van der Waals surface area contributed by atoms with Crippen LogP contribution in [-0.4, -0.2) is 31.2 Å². The highest BCUT2D eigenvalue weighted by Gasteiger charge is 2.13. The Labute approximate surface area is 74.4 Å². The van der Waals surface area contributed by atoms with Gasteiger partial charge >= 0.3 is 0 Å². The SMILES string of the molecule is Nc1ncn(CCO)c2ncnc1-2. The first kappa shape index (κ1) is 7.93. The van der Waals surface area contributed by atoms with Crippen molar-refractivity contribution in [2.24, 2.45) is 0 Å². The van der Waals surface area contributed by atoms with Crippen molar-refractivity contribution in [3.05, 3.63) is 12.7 Å². The third kappa shape index (κ3) is 1.20. The quantitative estimate of drug-likeness (QED) is 0.639. The molecule has 0 aliphatic carbocycles. The van der Waals surface area contributed by atoms with Crippen LogP contribution in [0.4, 0.5) is 5.82 Å². The van der Waals surface area contributed by atoms with Gasteiger partial charge in [0.25, 0.3) is 0 Å². The lowest BCUT2D eigenvalue weighted by Crippen LogP contribution is -2.10.